The number of rotatable bonds is 6. The van der Waals surface area contributed by atoms with Gasteiger partial charge in [0.1, 0.15) is 11.6 Å². The number of hydrogen-bond acceptors (Lipinski definition) is 4. The van der Waals surface area contributed by atoms with Crippen LogP contribution in [-0.4, -0.2) is 25.5 Å². The van der Waals surface area contributed by atoms with Gasteiger partial charge in [-0.05, 0) is 36.4 Å². The number of benzene rings is 2. The molecule has 0 aliphatic heterocycles. The molecule has 8 heteroatoms. The average molecular weight is 366 g/mol. The van der Waals surface area contributed by atoms with Gasteiger partial charge in [-0.2, -0.15) is 0 Å². The Hall–Kier alpha value is -2.80. The predicted octanol–water partition coefficient (Wildman–Crippen LogP) is 3.50. The maximum atomic E-state index is 13.1. The molecule has 0 saturated carbocycles. The van der Waals surface area contributed by atoms with Crippen molar-refractivity contribution >= 4 is 40.5 Å². The van der Waals surface area contributed by atoms with Gasteiger partial charge in [-0.3, -0.25) is 9.59 Å². The predicted molar refractivity (Wildman–Crippen MR) is 95.8 cm³/mol. The minimum atomic E-state index is -0.531. The third kappa shape index (κ3) is 5.36. The first-order valence-corrected chi connectivity index (χ1v) is 7.71. The van der Waals surface area contributed by atoms with Crippen LogP contribution >= 0.6 is 11.6 Å². The second-order valence-corrected chi connectivity index (χ2v) is 5.53. The van der Waals surface area contributed by atoms with Crippen molar-refractivity contribution in [3.63, 3.8) is 0 Å². The normalized spacial score (nSPS) is 10.1. The largest absolute Gasteiger partial charge is 0.495 e. The van der Waals surface area contributed by atoms with Crippen molar-refractivity contribution in [2.75, 3.05) is 29.6 Å². The molecule has 2 amide bonds. The fourth-order valence-electron chi connectivity index (χ4n) is 2.07. The van der Waals surface area contributed by atoms with E-state index in [2.05, 4.69) is 16.0 Å². The lowest BCUT2D eigenvalue weighted by Gasteiger charge is -2.13. The Morgan fingerprint density at radius 3 is 2.48 bits per heavy atom. The first-order chi connectivity index (χ1) is 11.9. The average Bonchev–Trinajstić information content (AvgIpc) is 2.56. The van der Waals surface area contributed by atoms with E-state index in [-0.39, 0.29) is 23.4 Å². The summed E-state index contributed by atoms with van der Waals surface area (Å²) in [5, 5.41) is 8.13. The SMILES string of the molecule is COc1ccc(NC(C)=O)cc1NC(=O)CNc1ccc(F)c(Cl)c1. The summed E-state index contributed by atoms with van der Waals surface area (Å²) >= 11 is 5.69. The van der Waals surface area contributed by atoms with Gasteiger partial charge in [0.15, 0.2) is 0 Å². The zero-order valence-electron chi connectivity index (χ0n) is 13.7. The first-order valence-electron chi connectivity index (χ1n) is 7.33. The molecule has 2 rings (SSSR count). The Balaban J connectivity index is 2.03. The van der Waals surface area contributed by atoms with E-state index in [1.165, 1.54) is 32.2 Å². The number of methoxy groups -OCH3 is 1. The molecule has 0 heterocycles. The van der Waals surface area contributed by atoms with Crippen LogP contribution in [0.4, 0.5) is 21.5 Å². The number of amides is 2. The lowest BCUT2D eigenvalue weighted by molar-refractivity contribution is -0.115. The summed E-state index contributed by atoms with van der Waals surface area (Å²) in [4.78, 5) is 23.3. The van der Waals surface area contributed by atoms with Gasteiger partial charge in [-0.1, -0.05) is 11.6 Å². The third-order valence-electron chi connectivity index (χ3n) is 3.17. The Morgan fingerprint density at radius 2 is 1.84 bits per heavy atom. The van der Waals surface area contributed by atoms with Crippen LogP contribution in [0.1, 0.15) is 6.92 Å². The molecule has 0 aromatic heterocycles. The van der Waals surface area contributed by atoms with E-state index < -0.39 is 5.82 Å². The monoisotopic (exact) mass is 365 g/mol. The van der Waals surface area contributed by atoms with E-state index in [4.69, 9.17) is 16.3 Å². The van der Waals surface area contributed by atoms with Crippen LogP contribution in [0.5, 0.6) is 5.75 Å². The van der Waals surface area contributed by atoms with Crippen LogP contribution in [0.15, 0.2) is 36.4 Å². The summed E-state index contributed by atoms with van der Waals surface area (Å²) in [5.74, 6) is -0.653. The number of nitrogens with one attached hydrogen (secondary N) is 3. The van der Waals surface area contributed by atoms with Crippen molar-refractivity contribution in [3.05, 3.63) is 47.2 Å². The number of halogens is 2. The fourth-order valence-corrected chi connectivity index (χ4v) is 2.25. The number of ether oxygens (including phenoxy) is 1. The van der Waals surface area contributed by atoms with Gasteiger partial charge in [0.25, 0.3) is 0 Å². The first kappa shape index (κ1) is 18.5. The summed E-state index contributed by atoms with van der Waals surface area (Å²) < 4.78 is 18.3. The van der Waals surface area contributed by atoms with E-state index >= 15 is 0 Å². The molecule has 0 bridgehead atoms. The van der Waals surface area contributed by atoms with Gasteiger partial charge >= 0.3 is 0 Å². The van der Waals surface area contributed by atoms with Crippen molar-refractivity contribution in [2.45, 2.75) is 6.92 Å². The van der Waals surface area contributed by atoms with Gasteiger partial charge in [-0.25, -0.2) is 4.39 Å². The molecule has 2 aromatic rings. The minimum absolute atomic E-state index is 0.0323. The van der Waals surface area contributed by atoms with Crippen molar-refractivity contribution in [1.82, 2.24) is 0 Å². The van der Waals surface area contributed by atoms with E-state index in [9.17, 15) is 14.0 Å². The molecule has 0 aliphatic carbocycles. The number of carbonyl (C=O) groups is 2. The third-order valence-corrected chi connectivity index (χ3v) is 3.46. The number of hydrogen-bond donors (Lipinski definition) is 3. The van der Waals surface area contributed by atoms with Crippen LogP contribution < -0.4 is 20.7 Å². The molecule has 0 aliphatic rings. The Bertz CT molecular complexity index is 799. The molecular weight excluding hydrogens is 349 g/mol. The summed E-state index contributed by atoms with van der Waals surface area (Å²) in [6, 6.07) is 8.97. The van der Waals surface area contributed by atoms with E-state index in [0.717, 1.165) is 0 Å². The molecule has 0 atom stereocenters. The van der Waals surface area contributed by atoms with Crippen LogP contribution in [-0.2, 0) is 9.59 Å². The lowest BCUT2D eigenvalue weighted by atomic mass is 10.2. The molecule has 0 radical (unpaired) electrons. The Labute approximate surface area is 149 Å². The highest BCUT2D eigenvalue weighted by Crippen LogP contribution is 2.28. The van der Waals surface area contributed by atoms with E-state index in [0.29, 0.717) is 22.8 Å². The minimum Gasteiger partial charge on any atom is -0.495 e. The zero-order chi connectivity index (χ0) is 18.4. The quantitative estimate of drug-likeness (QED) is 0.732. The molecule has 25 heavy (non-hydrogen) atoms. The van der Waals surface area contributed by atoms with Crippen molar-refractivity contribution in [3.8, 4) is 5.75 Å². The van der Waals surface area contributed by atoms with Gasteiger partial charge < -0.3 is 20.7 Å². The standard InChI is InChI=1S/C17H17ClFN3O3/c1-10(23)21-12-4-6-16(25-2)15(8-12)22-17(24)9-20-11-3-5-14(19)13(18)7-11/h3-8,20H,9H2,1-2H3,(H,21,23)(H,22,24). The number of carbonyl (C=O) groups excluding carboxylic acids is 2. The summed E-state index contributed by atoms with van der Waals surface area (Å²) in [6.45, 7) is 1.33. The van der Waals surface area contributed by atoms with Crippen molar-refractivity contribution in [2.24, 2.45) is 0 Å². The fraction of sp³-hybridized carbons (Fsp3) is 0.176. The molecule has 6 nitrogen and oxygen atoms in total. The lowest BCUT2D eigenvalue weighted by Crippen LogP contribution is -2.22. The molecule has 0 fully saturated rings. The van der Waals surface area contributed by atoms with Crippen LogP contribution in [0.2, 0.25) is 5.02 Å². The van der Waals surface area contributed by atoms with Crippen LogP contribution in [0.25, 0.3) is 0 Å². The topological polar surface area (TPSA) is 79.5 Å². The van der Waals surface area contributed by atoms with Gasteiger partial charge in [0, 0.05) is 18.3 Å². The van der Waals surface area contributed by atoms with E-state index in [1.54, 1.807) is 18.2 Å². The Morgan fingerprint density at radius 1 is 1.12 bits per heavy atom. The van der Waals surface area contributed by atoms with Gasteiger partial charge in [-0.15, -0.1) is 0 Å². The highest BCUT2D eigenvalue weighted by atomic mass is 35.5. The zero-order valence-corrected chi connectivity index (χ0v) is 14.4. The van der Waals surface area contributed by atoms with Crippen molar-refractivity contribution in [1.29, 1.82) is 0 Å². The Kier molecular flexibility index (Phi) is 6.19. The van der Waals surface area contributed by atoms with Gasteiger partial charge in [0.2, 0.25) is 11.8 Å². The van der Waals surface area contributed by atoms with Gasteiger partial charge in [0.05, 0.1) is 24.4 Å². The summed E-state index contributed by atoms with van der Waals surface area (Å²) in [7, 11) is 1.47. The summed E-state index contributed by atoms with van der Waals surface area (Å²) in [5.41, 5.74) is 1.46. The highest BCUT2D eigenvalue weighted by molar-refractivity contribution is 6.31. The molecule has 0 saturated heterocycles. The second kappa shape index (κ2) is 8.34. The molecular formula is C17H17ClFN3O3. The maximum absolute atomic E-state index is 13.1. The summed E-state index contributed by atoms with van der Waals surface area (Å²) in [6.07, 6.45) is 0. The second-order valence-electron chi connectivity index (χ2n) is 5.13. The van der Waals surface area contributed by atoms with Crippen molar-refractivity contribution < 1.29 is 18.7 Å². The molecule has 0 unspecified atom stereocenters. The van der Waals surface area contributed by atoms with E-state index in [1.807, 2.05) is 0 Å². The molecule has 3 N–H and O–H groups in total. The molecule has 2 aromatic carbocycles. The maximum Gasteiger partial charge on any atom is 0.243 e. The smallest absolute Gasteiger partial charge is 0.243 e. The van der Waals surface area contributed by atoms with Crippen LogP contribution in [0.3, 0.4) is 0 Å². The number of anilines is 3. The molecule has 132 valence electrons. The molecule has 0 spiro atoms. The highest BCUT2D eigenvalue weighted by Gasteiger charge is 2.10. The van der Waals surface area contributed by atoms with Crippen LogP contribution in [0, 0.1) is 5.82 Å².